The summed E-state index contributed by atoms with van der Waals surface area (Å²) in [4.78, 5) is 31.2. The quantitative estimate of drug-likeness (QED) is 0.519. The normalized spacial score (nSPS) is 14.2. The Labute approximate surface area is 194 Å². The molecule has 8 nitrogen and oxygen atoms in total. The molecule has 3 aromatic rings. The number of nitrogens with one attached hydrogen (secondary N) is 2. The van der Waals surface area contributed by atoms with Crippen molar-refractivity contribution in [1.29, 1.82) is 0 Å². The number of carbonyl (C=O) groups excluding carboxylic acids is 2. The van der Waals surface area contributed by atoms with Crippen LogP contribution in [0.3, 0.4) is 0 Å². The molecule has 1 aromatic heterocycles. The van der Waals surface area contributed by atoms with E-state index in [0.717, 1.165) is 31.0 Å². The minimum atomic E-state index is -3.40. The Morgan fingerprint density at radius 3 is 2.66 bits per heavy atom. The number of rotatable bonds is 7. The van der Waals surface area contributed by atoms with E-state index in [1.165, 1.54) is 18.6 Å². The zero-order valence-corrected chi connectivity index (χ0v) is 19.4. The van der Waals surface area contributed by atoms with Gasteiger partial charge in [-0.3, -0.25) is 15.4 Å². The van der Waals surface area contributed by atoms with E-state index in [2.05, 4.69) is 20.5 Å². The van der Waals surface area contributed by atoms with Gasteiger partial charge in [0.1, 0.15) is 0 Å². The number of aromatic nitrogens is 1. The highest BCUT2D eigenvalue weighted by atomic mass is 35.5. The van der Waals surface area contributed by atoms with Crippen molar-refractivity contribution in [3.05, 3.63) is 53.1 Å². The van der Waals surface area contributed by atoms with Gasteiger partial charge in [0.2, 0.25) is 0 Å². The summed E-state index contributed by atoms with van der Waals surface area (Å²) >= 11 is 7.10. The molecule has 4 rings (SSSR count). The first-order valence-corrected chi connectivity index (χ1v) is 12.9. The second-order valence-corrected chi connectivity index (χ2v) is 11.0. The summed E-state index contributed by atoms with van der Waals surface area (Å²) in [5.41, 5.74) is 0.736. The minimum Gasteiger partial charge on any atom is -0.303 e. The zero-order chi connectivity index (χ0) is 22.7. The van der Waals surface area contributed by atoms with Crippen LogP contribution in [0.2, 0.25) is 5.02 Å². The van der Waals surface area contributed by atoms with E-state index >= 15 is 0 Å². The van der Waals surface area contributed by atoms with Crippen LogP contribution in [-0.4, -0.2) is 55.6 Å². The lowest BCUT2D eigenvalue weighted by molar-refractivity contribution is 0.0967. The third kappa shape index (κ3) is 5.26. The lowest BCUT2D eigenvalue weighted by Crippen LogP contribution is -2.38. The van der Waals surface area contributed by atoms with Crippen molar-refractivity contribution in [2.45, 2.75) is 17.7 Å². The van der Waals surface area contributed by atoms with Gasteiger partial charge in [-0.05, 0) is 62.8 Å². The van der Waals surface area contributed by atoms with Gasteiger partial charge < -0.3 is 4.90 Å². The number of fused-ring (bicyclic) bond motifs is 1. The molecule has 0 bridgehead atoms. The maximum absolute atomic E-state index is 12.7. The van der Waals surface area contributed by atoms with Crippen molar-refractivity contribution in [3.63, 3.8) is 0 Å². The van der Waals surface area contributed by atoms with Gasteiger partial charge in [-0.2, -0.15) is 0 Å². The number of imide groups is 1. The van der Waals surface area contributed by atoms with Gasteiger partial charge in [0.15, 0.2) is 15.0 Å². The number of hydrogen-bond acceptors (Lipinski definition) is 7. The first kappa shape index (κ1) is 22.7. The number of nitrogens with zero attached hydrogens (tertiary/aromatic N) is 2. The molecule has 2 N–H and O–H groups in total. The van der Waals surface area contributed by atoms with E-state index in [-0.39, 0.29) is 26.4 Å². The molecule has 2 aromatic carbocycles. The predicted octanol–water partition coefficient (Wildman–Crippen LogP) is 3.78. The molecule has 0 saturated carbocycles. The number of thiazole rings is 1. The molecule has 0 radical (unpaired) electrons. The molecule has 1 saturated heterocycles. The van der Waals surface area contributed by atoms with Gasteiger partial charge in [-0.15, -0.1) is 0 Å². The fourth-order valence-corrected chi connectivity index (χ4v) is 5.81. The van der Waals surface area contributed by atoms with Crippen molar-refractivity contribution < 1.29 is 18.0 Å². The Kier molecular flexibility index (Phi) is 6.75. The van der Waals surface area contributed by atoms with Gasteiger partial charge in [0, 0.05) is 0 Å². The number of urea groups is 1. The Bertz CT molecular complexity index is 1270. The van der Waals surface area contributed by atoms with Gasteiger partial charge >= 0.3 is 6.03 Å². The monoisotopic (exact) mass is 492 g/mol. The molecular weight excluding hydrogens is 472 g/mol. The van der Waals surface area contributed by atoms with Gasteiger partial charge in [-0.1, -0.05) is 35.1 Å². The molecule has 32 heavy (non-hydrogen) atoms. The van der Waals surface area contributed by atoms with Gasteiger partial charge in [0.25, 0.3) is 5.91 Å². The molecule has 168 valence electrons. The molecule has 1 aliphatic heterocycles. The number of amides is 3. The molecule has 1 fully saturated rings. The summed E-state index contributed by atoms with van der Waals surface area (Å²) in [7, 11) is -3.40. The summed E-state index contributed by atoms with van der Waals surface area (Å²) in [6.07, 6.45) is 1.77. The molecule has 3 amide bonds. The summed E-state index contributed by atoms with van der Waals surface area (Å²) in [6, 6.07) is 10.4. The van der Waals surface area contributed by atoms with Crippen LogP contribution in [-0.2, 0) is 9.84 Å². The molecular formula is C21H21ClN4O4S2. The van der Waals surface area contributed by atoms with E-state index in [9.17, 15) is 18.0 Å². The van der Waals surface area contributed by atoms with Crippen LogP contribution in [0.4, 0.5) is 9.93 Å². The number of carbonyl (C=O) groups is 2. The lowest BCUT2D eigenvalue weighted by Gasteiger charge is -2.30. The molecule has 11 heteroatoms. The average molecular weight is 493 g/mol. The molecule has 0 spiro atoms. The Morgan fingerprint density at radius 1 is 1.16 bits per heavy atom. The number of likely N-dealkylation sites (tertiary alicyclic amines) is 1. The SMILES string of the molecule is O=C(NC(=O)c1ccccc1Cl)Nc1nc2ccc(S(=O)(=O)CCCN3CCC3)cc2s1. The highest BCUT2D eigenvalue weighted by molar-refractivity contribution is 7.91. The summed E-state index contributed by atoms with van der Waals surface area (Å²) < 4.78 is 26.0. The van der Waals surface area contributed by atoms with E-state index in [4.69, 9.17) is 11.6 Å². The van der Waals surface area contributed by atoms with Crippen LogP contribution < -0.4 is 10.6 Å². The predicted molar refractivity (Wildman–Crippen MR) is 125 cm³/mol. The first-order valence-electron chi connectivity index (χ1n) is 10.0. The number of anilines is 1. The average Bonchev–Trinajstić information content (AvgIpc) is 3.11. The number of halogens is 1. The number of sulfone groups is 1. The third-order valence-corrected chi connectivity index (χ3v) is 8.18. The van der Waals surface area contributed by atoms with Crippen LogP contribution in [0, 0.1) is 0 Å². The Balaban J connectivity index is 1.40. The highest BCUT2D eigenvalue weighted by Crippen LogP contribution is 2.28. The van der Waals surface area contributed by atoms with Crippen molar-refractivity contribution >= 4 is 60.1 Å². The molecule has 2 heterocycles. The van der Waals surface area contributed by atoms with Gasteiger partial charge in [0.05, 0.1) is 31.5 Å². The van der Waals surface area contributed by atoms with Crippen LogP contribution in [0.5, 0.6) is 0 Å². The Hall–Kier alpha value is -2.53. The fourth-order valence-electron chi connectivity index (χ4n) is 3.30. The summed E-state index contributed by atoms with van der Waals surface area (Å²) in [6.45, 7) is 2.87. The van der Waals surface area contributed by atoms with Crippen molar-refractivity contribution in [2.75, 3.05) is 30.7 Å². The standard InChI is InChI=1S/C21H21ClN4O4S2/c22-16-6-2-1-5-15(16)19(27)24-20(28)25-21-23-17-8-7-14(13-18(17)31-21)32(29,30)12-4-11-26-9-3-10-26/h1-2,5-8,13H,3-4,9-12H2,(H2,23,24,25,27,28). The zero-order valence-electron chi connectivity index (χ0n) is 17.0. The van der Waals surface area contributed by atoms with Crippen LogP contribution in [0.25, 0.3) is 10.2 Å². The minimum absolute atomic E-state index is 0.0888. The summed E-state index contributed by atoms with van der Waals surface area (Å²) in [5, 5.41) is 5.19. The topological polar surface area (TPSA) is 108 Å². The van der Waals surface area contributed by atoms with E-state index < -0.39 is 21.8 Å². The molecule has 0 aliphatic carbocycles. The second-order valence-electron chi connectivity index (χ2n) is 7.40. The van der Waals surface area contributed by atoms with Crippen LogP contribution >= 0.6 is 22.9 Å². The van der Waals surface area contributed by atoms with Crippen molar-refractivity contribution in [1.82, 2.24) is 15.2 Å². The summed E-state index contributed by atoms with van der Waals surface area (Å²) in [5.74, 6) is -0.549. The van der Waals surface area contributed by atoms with E-state index in [1.807, 2.05) is 0 Å². The largest absolute Gasteiger partial charge is 0.327 e. The smallest absolute Gasteiger partial charge is 0.303 e. The molecule has 0 unspecified atom stereocenters. The maximum Gasteiger partial charge on any atom is 0.327 e. The Morgan fingerprint density at radius 2 is 1.94 bits per heavy atom. The third-order valence-electron chi connectivity index (χ3n) is 5.12. The van der Waals surface area contributed by atoms with Crippen molar-refractivity contribution in [2.24, 2.45) is 0 Å². The highest BCUT2D eigenvalue weighted by Gasteiger charge is 2.19. The number of benzene rings is 2. The van der Waals surface area contributed by atoms with E-state index in [0.29, 0.717) is 16.6 Å². The van der Waals surface area contributed by atoms with Crippen LogP contribution in [0.1, 0.15) is 23.2 Å². The maximum atomic E-state index is 12.7. The second kappa shape index (κ2) is 9.53. The molecule has 1 aliphatic rings. The lowest BCUT2D eigenvalue weighted by atomic mass is 10.2. The van der Waals surface area contributed by atoms with Crippen LogP contribution in [0.15, 0.2) is 47.4 Å². The van der Waals surface area contributed by atoms with Crippen molar-refractivity contribution in [3.8, 4) is 0 Å². The number of hydrogen-bond donors (Lipinski definition) is 2. The first-order chi connectivity index (χ1) is 15.3. The van der Waals surface area contributed by atoms with Gasteiger partial charge in [-0.25, -0.2) is 18.2 Å². The fraction of sp³-hybridized carbons (Fsp3) is 0.286. The molecule has 0 atom stereocenters. The van der Waals surface area contributed by atoms with E-state index in [1.54, 1.807) is 30.3 Å².